The predicted octanol–water partition coefficient (Wildman–Crippen LogP) is 2.41. The van der Waals surface area contributed by atoms with Crippen molar-refractivity contribution in [3.63, 3.8) is 0 Å². The molecule has 0 N–H and O–H groups in total. The Bertz CT molecular complexity index is 442. The highest BCUT2D eigenvalue weighted by Crippen LogP contribution is 2.54. The maximum absolute atomic E-state index is 12.6. The van der Waals surface area contributed by atoms with Gasteiger partial charge in [-0.3, -0.25) is 4.74 Å². The highest BCUT2D eigenvalue weighted by atomic mass is 19.4. The van der Waals surface area contributed by atoms with Gasteiger partial charge in [-0.05, 0) is 0 Å². The number of hydrogen-bond donors (Lipinski definition) is 0. The van der Waals surface area contributed by atoms with Crippen LogP contribution in [-0.2, 0) is 9.53 Å². The highest BCUT2D eigenvalue weighted by Gasteiger charge is 2.83. The second-order valence-corrected chi connectivity index (χ2v) is 3.66. The van der Waals surface area contributed by atoms with E-state index in [-0.39, 0.29) is 0 Å². The minimum Gasteiger partial charge on any atom is -0.546 e. The maximum Gasteiger partial charge on any atom is 0.462 e. The van der Waals surface area contributed by atoms with Crippen molar-refractivity contribution in [3.8, 4) is 0 Å². The molecule has 16 heteroatoms. The number of carbonyl (C=O) groups excluding carboxylic acids is 1. The maximum atomic E-state index is 12.6. The van der Waals surface area contributed by atoms with Gasteiger partial charge in [-0.1, -0.05) is 0 Å². The molecular weight excluding hydrogens is 379 g/mol. The topological polar surface area (TPSA) is 49.4 Å². The molecule has 0 saturated carbocycles. The lowest BCUT2D eigenvalue weighted by molar-refractivity contribution is -0.496. The summed E-state index contributed by atoms with van der Waals surface area (Å²) in [6.07, 6.45) is -29.8. The summed E-state index contributed by atoms with van der Waals surface area (Å²) in [6, 6.07) is 0. The zero-order valence-electron chi connectivity index (χ0n) is 9.64. The van der Waals surface area contributed by atoms with Crippen LogP contribution in [0.3, 0.4) is 0 Å². The Hall–Kier alpha value is -1.48. The molecule has 0 spiro atoms. The van der Waals surface area contributed by atoms with Crippen LogP contribution >= 0.6 is 0 Å². The van der Waals surface area contributed by atoms with E-state index in [2.05, 4.69) is 0 Å². The standard InChI is InChI=1S/C7HF13O3/c8-3(9,6(16,17)18)7(19,20)23-2(1(21)22,4(10,11)12)5(13,14)15/h(H,21,22)/p-1. The van der Waals surface area contributed by atoms with E-state index in [1.807, 2.05) is 0 Å². The quantitative estimate of drug-likeness (QED) is 0.706. The van der Waals surface area contributed by atoms with Gasteiger partial charge in [0, 0.05) is 0 Å². The highest BCUT2D eigenvalue weighted by molar-refractivity contribution is 5.78. The number of hydrogen-bond acceptors (Lipinski definition) is 3. The Balaban J connectivity index is 6.38. The third-order valence-corrected chi connectivity index (χ3v) is 2.09. The van der Waals surface area contributed by atoms with Crippen molar-refractivity contribution < 1.29 is 71.7 Å². The van der Waals surface area contributed by atoms with Crippen LogP contribution in [0.2, 0.25) is 0 Å². The van der Waals surface area contributed by atoms with E-state index in [0.717, 1.165) is 0 Å². The molecule has 138 valence electrons. The van der Waals surface area contributed by atoms with Gasteiger partial charge in [0.15, 0.2) is 0 Å². The first-order valence-electron chi connectivity index (χ1n) is 4.52. The number of carboxylic acid groups (broad SMARTS) is 1. The molecule has 0 bridgehead atoms. The summed E-state index contributed by atoms with van der Waals surface area (Å²) in [4.78, 5) is 10.0. The van der Waals surface area contributed by atoms with Crippen molar-refractivity contribution in [1.29, 1.82) is 0 Å². The summed E-state index contributed by atoms with van der Waals surface area (Å²) >= 11 is 0. The first-order chi connectivity index (χ1) is 9.65. The van der Waals surface area contributed by atoms with Crippen LogP contribution in [0.1, 0.15) is 0 Å². The molecule has 0 amide bonds. The van der Waals surface area contributed by atoms with E-state index in [4.69, 9.17) is 0 Å². The van der Waals surface area contributed by atoms with Gasteiger partial charge in [-0.15, -0.1) is 0 Å². The summed E-state index contributed by atoms with van der Waals surface area (Å²) < 4.78 is 160. The second kappa shape index (κ2) is 5.27. The average molecular weight is 379 g/mol. The van der Waals surface area contributed by atoms with Gasteiger partial charge >= 0.3 is 36.2 Å². The number of alkyl halides is 13. The number of halogens is 13. The summed E-state index contributed by atoms with van der Waals surface area (Å²) in [5, 5.41) is 10.0. The number of aliphatic carboxylic acids is 1. The Morgan fingerprint density at radius 3 is 1.13 bits per heavy atom. The molecule has 0 aromatic heterocycles. The lowest BCUT2D eigenvalue weighted by Gasteiger charge is -2.41. The van der Waals surface area contributed by atoms with Crippen LogP contribution in [0.25, 0.3) is 0 Å². The zero-order valence-corrected chi connectivity index (χ0v) is 9.64. The lowest BCUT2D eigenvalue weighted by atomic mass is 10.0. The number of rotatable bonds is 4. The van der Waals surface area contributed by atoms with Crippen LogP contribution < -0.4 is 5.11 Å². The van der Waals surface area contributed by atoms with Gasteiger partial charge in [-0.25, -0.2) is 0 Å². The molecule has 0 aliphatic heterocycles. The van der Waals surface area contributed by atoms with Crippen molar-refractivity contribution in [1.82, 2.24) is 0 Å². The molecule has 0 aliphatic rings. The van der Waals surface area contributed by atoms with Crippen LogP contribution in [0.15, 0.2) is 0 Å². The van der Waals surface area contributed by atoms with Crippen molar-refractivity contribution in [2.45, 2.75) is 36.2 Å². The normalized spacial score (nSPS) is 15.7. The predicted molar refractivity (Wildman–Crippen MR) is 36.9 cm³/mol. The Morgan fingerprint density at radius 2 is 0.957 bits per heavy atom. The molecule has 0 aromatic carbocycles. The summed E-state index contributed by atoms with van der Waals surface area (Å²) in [5.74, 6) is -12.2. The average Bonchev–Trinajstić information content (AvgIpc) is 2.19. The van der Waals surface area contributed by atoms with Gasteiger partial charge in [0.1, 0.15) is 0 Å². The van der Waals surface area contributed by atoms with E-state index in [9.17, 15) is 67.0 Å². The molecule has 0 radical (unpaired) electrons. The van der Waals surface area contributed by atoms with Gasteiger partial charge in [0.2, 0.25) is 0 Å². The van der Waals surface area contributed by atoms with Crippen LogP contribution in [-0.4, -0.2) is 42.1 Å². The van der Waals surface area contributed by atoms with Crippen molar-refractivity contribution >= 4 is 5.97 Å². The Morgan fingerprint density at radius 1 is 0.652 bits per heavy atom. The molecular formula is C7F13O3-. The van der Waals surface area contributed by atoms with Gasteiger partial charge < -0.3 is 9.90 Å². The first kappa shape index (κ1) is 21.5. The molecule has 0 unspecified atom stereocenters. The molecule has 23 heavy (non-hydrogen) atoms. The van der Waals surface area contributed by atoms with E-state index >= 15 is 0 Å². The van der Waals surface area contributed by atoms with Crippen molar-refractivity contribution in [2.24, 2.45) is 0 Å². The molecule has 0 saturated heterocycles. The third kappa shape index (κ3) is 3.25. The minimum absolute atomic E-state index is 1.49. The third-order valence-electron chi connectivity index (χ3n) is 2.09. The minimum atomic E-state index is -7.59. The van der Waals surface area contributed by atoms with E-state index < -0.39 is 42.1 Å². The Kier molecular flexibility index (Phi) is 4.93. The molecule has 0 aliphatic carbocycles. The number of ether oxygens (including phenoxy) is 1. The monoisotopic (exact) mass is 379 g/mol. The van der Waals surface area contributed by atoms with Gasteiger partial charge in [-0.2, -0.15) is 57.1 Å². The fourth-order valence-electron chi connectivity index (χ4n) is 0.971. The molecule has 0 atom stereocenters. The second-order valence-electron chi connectivity index (χ2n) is 3.66. The zero-order chi connectivity index (χ0) is 19.3. The first-order valence-corrected chi connectivity index (χ1v) is 4.52. The SMILES string of the molecule is O=C([O-])C(OC(F)(F)C(F)(F)C(F)(F)F)(C(F)(F)F)C(F)(F)F. The number of carboxylic acids is 1. The Labute approximate surface area is 115 Å². The smallest absolute Gasteiger partial charge is 0.462 e. The number of carbonyl (C=O) groups is 1. The van der Waals surface area contributed by atoms with Crippen molar-refractivity contribution in [3.05, 3.63) is 0 Å². The summed E-state index contributed by atoms with van der Waals surface area (Å²) in [5.41, 5.74) is -7.14. The summed E-state index contributed by atoms with van der Waals surface area (Å²) in [6.45, 7) is 0. The molecule has 0 fully saturated rings. The van der Waals surface area contributed by atoms with Crippen LogP contribution in [0.4, 0.5) is 57.1 Å². The molecule has 0 rings (SSSR count). The van der Waals surface area contributed by atoms with Gasteiger partial charge in [0.05, 0.1) is 5.97 Å². The van der Waals surface area contributed by atoms with Gasteiger partial charge in [0.25, 0.3) is 0 Å². The largest absolute Gasteiger partial charge is 0.546 e. The fourth-order valence-corrected chi connectivity index (χ4v) is 0.971. The van der Waals surface area contributed by atoms with Crippen LogP contribution in [0, 0.1) is 0 Å². The van der Waals surface area contributed by atoms with E-state index in [0.29, 0.717) is 0 Å². The van der Waals surface area contributed by atoms with E-state index in [1.165, 1.54) is 4.74 Å². The lowest BCUT2D eigenvalue weighted by Crippen LogP contribution is -2.72. The molecule has 3 nitrogen and oxygen atoms in total. The molecule has 0 heterocycles. The fraction of sp³-hybridized carbons (Fsp3) is 0.857. The van der Waals surface area contributed by atoms with Crippen molar-refractivity contribution in [2.75, 3.05) is 0 Å². The van der Waals surface area contributed by atoms with Crippen LogP contribution in [0.5, 0.6) is 0 Å². The summed E-state index contributed by atoms with van der Waals surface area (Å²) in [7, 11) is 0. The molecule has 0 aromatic rings. The van der Waals surface area contributed by atoms with E-state index in [1.54, 1.807) is 0 Å².